The van der Waals surface area contributed by atoms with E-state index in [4.69, 9.17) is 23.8 Å². The van der Waals surface area contributed by atoms with E-state index >= 15 is 0 Å². The lowest BCUT2D eigenvalue weighted by molar-refractivity contribution is -0.374. The molecule has 0 bridgehead atoms. The standard InChI is InChI=1S/C45H68F6N3O6PS2/c1-31(2)54(32(3)4)61(58-26-8-21-52)59-27-9-23-53(34-19-28-62-63-30-34)22-7-11-41(55)60-35-13-15-36-33(29-35)12-14-38-37(36)18-20-42(5)39(38)16-17-40(42)56-24-10-25-57-43(6,44(46,47)48)45(49,50)51/h13,15,29,31-32,34,37-40H,7-12,14,16-20,22-28,30H2,1-6H3/t34?,37-,38-,39+,40+,42+,61?/m1/s1. The summed E-state index contributed by atoms with van der Waals surface area (Å²) in [6, 6.07) is 9.14. The van der Waals surface area contributed by atoms with Crippen molar-refractivity contribution in [3.63, 3.8) is 0 Å². The van der Waals surface area contributed by atoms with Crippen LogP contribution in [0.4, 0.5) is 26.3 Å². The highest BCUT2D eigenvalue weighted by Gasteiger charge is 2.69. The van der Waals surface area contributed by atoms with Gasteiger partial charge in [-0.2, -0.15) is 31.6 Å². The monoisotopic (exact) mass is 955 g/mol. The molecule has 1 saturated heterocycles. The number of ether oxygens (including phenoxy) is 3. The first kappa shape index (κ1) is 52.6. The molecule has 358 valence electrons. The third-order valence-corrected chi connectivity index (χ3v) is 18.2. The van der Waals surface area contributed by atoms with Crippen LogP contribution in [-0.4, -0.2) is 109 Å². The van der Waals surface area contributed by atoms with Gasteiger partial charge in [0.05, 0.1) is 38.4 Å². The van der Waals surface area contributed by atoms with E-state index in [1.807, 2.05) is 33.7 Å². The topological polar surface area (TPSA) is 93.5 Å². The molecule has 0 aromatic heterocycles. The number of benzene rings is 1. The van der Waals surface area contributed by atoms with Gasteiger partial charge in [0.1, 0.15) is 5.75 Å². The van der Waals surface area contributed by atoms with Crippen molar-refractivity contribution >= 4 is 36.1 Å². The maximum atomic E-state index is 13.2. The van der Waals surface area contributed by atoms with Crippen molar-refractivity contribution in [3.05, 3.63) is 29.3 Å². The molecule has 5 rings (SSSR count). The van der Waals surface area contributed by atoms with E-state index in [2.05, 4.69) is 61.1 Å². The lowest BCUT2D eigenvalue weighted by Gasteiger charge is -2.50. The summed E-state index contributed by atoms with van der Waals surface area (Å²) in [7, 11) is 2.53. The van der Waals surface area contributed by atoms with Crippen molar-refractivity contribution in [2.45, 2.75) is 167 Å². The highest BCUT2D eigenvalue weighted by atomic mass is 33.1. The molecule has 1 aromatic carbocycles. The van der Waals surface area contributed by atoms with Gasteiger partial charge < -0.3 is 23.3 Å². The Morgan fingerprint density at radius 2 is 1.63 bits per heavy atom. The molecule has 4 aliphatic rings. The molecule has 63 heavy (non-hydrogen) atoms. The Bertz CT molecular complexity index is 1630. The van der Waals surface area contributed by atoms with Gasteiger partial charge in [-0.3, -0.25) is 9.69 Å². The van der Waals surface area contributed by atoms with Crippen LogP contribution < -0.4 is 4.74 Å². The average molecular weight is 956 g/mol. The van der Waals surface area contributed by atoms with Crippen molar-refractivity contribution in [2.75, 3.05) is 51.0 Å². The van der Waals surface area contributed by atoms with Gasteiger partial charge in [-0.1, -0.05) is 34.6 Å². The van der Waals surface area contributed by atoms with Crippen LogP contribution in [0, 0.1) is 28.6 Å². The van der Waals surface area contributed by atoms with E-state index in [0.717, 1.165) is 76.0 Å². The van der Waals surface area contributed by atoms with Gasteiger partial charge in [-0.05, 0) is 152 Å². The second-order valence-corrected chi connectivity index (χ2v) is 22.5. The fourth-order valence-corrected chi connectivity index (χ4v) is 14.4. The highest BCUT2D eigenvalue weighted by molar-refractivity contribution is 8.76. The summed E-state index contributed by atoms with van der Waals surface area (Å²) in [5.74, 6) is 3.68. The number of esters is 1. The van der Waals surface area contributed by atoms with Gasteiger partial charge in [0, 0.05) is 49.2 Å². The minimum Gasteiger partial charge on any atom is -0.427 e. The number of carbonyl (C=O) groups excluding carboxylic acids is 1. The van der Waals surface area contributed by atoms with Crippen LogP contribution in [0.5, 0.6) is 5.75 Å². The number of hydrogen-bond acceptors (Lipinski definition) is 11. The SMILES string of the molecule is CC(C)N(C(C)C)P(OCCC#N)OCCCN(CCCC(=O)Oc1ccc2c(c1)CC[C@@H]1[C@@H]2CC[C@]2(C)[C@@H](OCCCOC(C)(C(F)(F)F)C(F)(F)F)CC[C@@H]12)C1CCSSC1. The van der Waals surface area contributed by atoms with Crippen LogP contribution in [0.1, 0.15) is 129 Å². The summed E-state index contributed by atoms with van der Waals surface area (Å²) in [5, 5.41) is 9.04. The molecule has 7 atom stereocenters. The minimum absolute atomic E-state index is 0.0283. The highest BCUT2D eigenvalue weighted by Crippen LogP contribution is 2.61. The van der Waals surface area contributed by atoms with Gasteiger partial charge in [-0.25, -0.2) is 4.67 Å². The van der Waals surface area contributed by atoms with Crippen LogP contribution in [0.25, 0.3) is 0 Å². The molecule has 0 spiro atoms. The third kappa shape index (κ3) is 13.4. The Kier molecular flexibility index (Phi) is 19.7. The zero-order chi connectivity index (χ0) is 46.0. The quantitative estimate of drug-likeness (QED) is 0.0262. The van der Waals surface area contributed by atoms with Crippen LogP contribution >= 0.6 is 30.1 Å². The van der Waals surface area contributed by atoms with Crippen molar-refractivity contribution in [3.8, 4) is 11.8 Å². The largest absolute Gasteiger partial charge is 0.427 e. The van der Waals surface area contributed by atoms with Gasteiger partial charge >= 0.3 is 18.3 Å². The number of nitriles is 1. The first-order valence-corrected chi connectivity index (χ1v) is 26.3. The number of halogens is 6. The van der Waals surface area contributed by atoms with Crippen LogP contribution in [0.3, 0.4) is 0 Å². The Labute approximate surface area is 380 Å². The lowest BCUT2D eigenvalue weighted by Crippen LogP contribution is -2.56. The number of hydrogen-bond donors (Lipinski definition) is 0. The Hall–Kier alpha value is -1.35. The summed E-state index contributed by atoms with van der Waals surface area (Å²) in [4.78, 5) is 15.7. The van der Waals surface area contributed by atoms with E-state index in [9.17, 15) is 31.1 Å². The normalized spacial score (nSPS) is 25.9. The fourth-order valence-electron chi connectivity index (χ4n) is 10.3. The number of carbonyl (C=O) groups is 1. The van der Waals surface area contributed by atoms with Crippen molar-refractivity contribution < 1.29 is 54.4 Å². The second kappa shape index (κ2) is 23.6. The molecular formula is C45H68F6N3O6PS2. The Morgan fingerprint density at radius 3 is 2.30 bits per heavy atom. The molecule has 1 heterocycles. The average Bonchev–Trinajstić information content (AvgIpc) is 3.56. The third-order valence-electron chi connectivity index (χ3n) is 13.6. The van der Waals surface area contributed by atoms with Gasteiger partial charge in [0.25, 0.3) is 14.1 Å². The number of fused-ring (bicyclic) bond motifs is 5. The fraction of sp³-hybridized carbons (Fsp3) is 0.822. The van der Waals surface area contributed by atoms with E-state index in [1.54, 1.807) is 0 Å². The molecule has 0 N–H and O–H groups in total. The number of alkyl halides is 6. The molecule has 0 radical (unpaired) electrons. The second-order valence-electron chi connectivity index (χ2n) is 18.4. The Morgan fingerprint density at radius 1 is 0.921 bits per heavy atom. The molecule has 0 amide bonds. The predicted molar refractivity (Wildman–Crippen MR) is 237 cm³/mol. The summed E-state index contributed by atoms with van der Waals surface area (Å²) in [6.45, 7) is 12.6. The molecule has 3 aliphatic carbocycles. The van der Waals surface area contributed by atoms with Crippen molar-refractivity contribution in [1.82, 2.24) is 9.57 Å². The number of rotatable bonds is 23. The lowest BCUT2D eigenvalue weighted by atomic mass is 9.55. The maximum Gasteiger partial charge on any atom is 0.426 e. The van der Waals surface area contributed by atoms with Crippen LogP contribution in [0.2, 0.25) is 0 Å². The maximum absolute atomic E-state index is 13.2. The first-order chi connectivity index (χ1) is 29.8. The smallest absolute Gasteiger partial charge is 0.426 e. The zero-order valence-electron chi connectivity index (χ0n) is 37.7. The zero-order valence-corrected chi connectivity index (χ0v) is 40.3. The molecule has 3 fully saturated rings. The van der Waals surface area contributed by atoms with E-state index in [0.29, 0.717) is 62.0 Å². The first-order valence-electron chi connectivity index (χ1n) is 22.7. The van der Waals surface area contributed by atoms with Crippen LogP contribution in [-0.2, 0) is 29.7 Å². The minimum atomic E-state index is -5.58. The summed E-state index contributed by atoms with van der Waals surface area (Å²) in [5.41, 5.74) is -1.83. The molecule has 9 nitrogen and oxygen atoms in total. The van der Waals surface area contributed by atoms with E-state index in [1.165, 1.54) is 11.1 Å². The molecule has 2 saturated carbocycles. The summed E-state index contributed by atoms with van der Waals surface area (Å²) >= 11 is 0. The molecule has 2 unspecified atom stereocenters. The molecule has 1 aliphatic heterocycles. The van der Waals surface area contributed by atoms with E-state index in [-0.39, 0.29) is 49.5 Å². The van der Waals surface area contributed by atoms with Crippen LogP contribution in [0.15, 0.2) is 18.2 Å². The van der Waals surface area contributed by atoms with Gasteiger partial charge in [-0.15, -0.1) is 0 Å². The molecular weight excluding hydrogens is 888 g/mol. The molecule has 1 aromatic rings. The number of aryl methyl sites for hydroxylation is 1. The van der Waals surface area contributed by atoms with Gasteiger partial charge in [0.2, 0.25) is 0 Å². The summed E-state index contributed by atoms with van der Waals surface area (Å²) < 4.78 is 110. The van der Waals surface area contributed by atoms with Crippen molar-refractivity contribution in [1.29, 1.82) is 5.26 Å². The number of nitrogens with zero attached hydrogens (tertiary/aromatic N) is 3. The predicted octanol–water partition coefficient (Wildman–Crippen LogP) is 12.0. The Balaban J connectivity index is 1.08. The summed E-state index contributed by atoms with van der Waals surface area (Å²) in [6.07, 6.45) is -2.59. The van der Waals surface area contributed by atoms with E-state index < -0.39 is 33.1 Å². The van der Waals surface area contributed by atoms with Gasteiger partial charge in [0.15, 0.2) is 0 Å². The van der Waals surface area contributed by atoms with Crippen molar-refractivity contribution in [2.24, 2.45) is 17.3 Å². The molecule has 18 heteroatoms.